The van der Waals surface area contributed by atoms with Crippen LogP contribution in [0.15, 0.2) is 0 Å². The number of ether oxygens (including phenoxy) is 8. The summed E-state index contributed by atoms with van der Waals surface area (Å²) in [7, 11) is 2.07. The lowest BCUT2D eigenvalue weighted by Crippen LogP contribution is -2.41. The van der Waals surface area contributed by atoms with Crippen molar-refractivity contribution in [3.8, 4) is 0 Å². The van der Waals surface area contributed by atoms with Gasteiger partial charge in [-0.15, -0.1) is 0 Å². The first-order chi connectivity index (χ1) is 38.7. The van der Waals surface area contributed by atoms with Crippen LogP contribution in [-0.2, 0) is 81.0 Å². The van der Waals surface area contributed by atoms with Gasteiger partial charge in [0.05, 0.1) is 85.3 Å². The summed E-state index contributed by atoms with van der Waals surface area (Å²) in [6.07, 6.45) is 17.3. The summed E-state index contributed by atoms with van der Waals surface area (Å²) in [6.45, 7) is 3.32. The smallest absolute Gasteiger partial charge is 0.326 e. The summed E-state index contributed by atoms with van der Waals surface area (Å²) >= 11 is 0. The Hall–Kier alpha value is -4.50. The highest BCUT2D eigenvalue weighted by atomic mass is 31.0. The summed E-state index contributed by atoms with van der Waals surface area (Å²) in [6, 6.07) is -1.65. The lowest BCUT2D eigenvalue weighted by atomic mass is 10.0. The topological polar surface area (TPSA) is 366 Å². The summed E-state index contributed by atoms with van der Waals surface area (Å²) in [5.41, 5.74) is 5.52. The second kappa shape index (κ2) is 56.4. The Morgan fingerprint density at radius 3 is 1.02 bits per heavy atom. The largest absolute Gasteiger partial charge is 0.481 e. The molecule has 0 bridgehead atoms. The second-order valence-corrected chi connectivity index (χ2v) is 19.3. The van der Waals surface area contributed by atoms with Crippen LogP contribution in [0.4, 0.5) is 0 Å². The number of carbonyl (C=O) groups excluding carboxylic acids is 7. The Morgan fingerprint density at radius 1 is 0.350 bits per heavy atom. The molecule has 1 unspecified atom stereocenters. The maximum atomic E-state index is 12.4. The van der Waals surface area contributed by atoms with Gasteiger partial charge in [0.2, 0.25) is 35.4 Å². The molecule has 26 nitrogen and oxygen atoms in total. The molecular formula is C53H98N7O19P. The minimum atomic E-state index is -1.19. The fraction of sp³-hybridized carbons (Fsp3) is 0.830. The molecule has 0 aromatic carbocycles. The molecule has 0 aliphatic rings. The lowest BCUT2D eigenvalue weighted by molar-refractivity contribution is -0.142. The number of rotatable bonds is 60. The van der Waals surface area contributed by atoms with Gasteiger partial charge in [0, 0.05) is 52.0 Å². The fourth-order valence-electron chi connectivity index (χ4n) is 7.22. The van der Waals surface area contributed by atoms with Gasteiger partial charge in [-0.25, -0.2) is 4.79 Å². The highest BCUT2D eigenvalue weighted by Gasteiger charge is 2.21. The molecule has 0 fully saturated rings. The normalized spacial score (nSPS) is 11.8. The van der Waals surface area contributed by atoms with E-state index in [1.165, 1.54) is 38.5 Å². The average molecular weight is 1170 g/mol. The van der Waals surface area contributed by atoms with Crippen LogP contribution < -0.4 is 37.6 Å². The Balaban J connectivity index is 3.57. The molecule has 10 N–H and O–H groups in total. The summed E-state index contributed by atoms with van der Waals surface area (Å²) < 4.78 is 42.7. The molecule has 0 aromatic heterocycles. The maximum absolute atomic E-state index is 12.4. The Labute approximate surface area is 475 Å². The van der Waals surface area contributed by atoms with Crippen LogP contribution in [0.1, 0.15) is 135 Å². The molecule has 0 aromatic rings. The molecule has 27 heteroatoms. The molecule has 0 saturated heterocycles. The maximum Gasteiger partial charge on any atom is 0.326 e. The SMILES string of the molecule is N[C@@H](CCCCNC(=O)COCCOCCNC(=O)COCCOCCNC(=O)COCCOCCNC(=O)COCCOCCNC(=O)CC[C@H](NC(=O)CCCCCCCCCCCCCCCCC(=O)O)C(=O)O)C(=O)P. The number of hydrogen-bond donors (Lipinski definition) is 9. The first kappa shape index (κ1) is 75.5. The summed E-state index contributed by atoms with van der Waals surface area (Å²) in [4.78, 5) is 106. The fourth-order valence-corrected chi connectivity index (χ4v) is 7.39. The zero-order valence-corrected chi connectivity index (χ0v) is 48.5. The molecule has 0 rings (SSSR count). The molecule has 464 valence electrons. The van der Waals surface area contributed by atoms with E-state index in [0.717, 1.165) is 51.4 Å². The van der Waals surface area contributed by atoms with E-state index in [9.17, 15) is 48.3 Å². The zero-order chi connectivity index (χ0) is 58.9. The standard InChI is InChI=1S/C53H98N7O19P/c54-43(53(71)80)17-15-16-22-55-47(63)39-76-35-32-73-28-24-57-49(65)41-78-37-34-75-30-26-59-50(66)42-79-38-33-74-29-25-58-48(64)40-77-36-31-72-27-23-56-45(61)21-20-44(52(69)70)60-46(62)18-13-11-9-7-5-3-1-2-4-6-8-10-12-14-19-51(67)68/h43-44H,1-42,54,80H2,(H,55,63)(H,56,61)(H,57,65)(H,58,64)(H,59,66)(H,60,62)(H,67,68)(H,69,70)/t43-,44-/m0/s1. The number of unbranched alkanes of at least 4 members (excludes halogenated alkanes) is 14. The van der Waals surface area contributed by atoms with Crippen molar-refractivity contribution in [3.63, 3.8) is 0 Å². The number of nitrogens with two attached hydrogens (primary N) is 1. The van der Waals surface area contributed by atoms with Crippen LogP contribution in [-0.4, -0.2) is 214 Å². The van der Waals surface area contributed by atoms with E-state index in [1.54, 1.807) is 0 Å². The van der Waals surface area contributed by atoms with Gasteiger partial charge in [-0.2, -0.15) is 0 Å². The molecule has 0 radical (unpaired) electrons. The second-order valence-electron chi connectivity index (χ2n) is 18.8. The van der Waals surface area contributed by atoms with Gasteiger partial charge in [0.25, 0.3) is 0 Å². The van der Waals surface area contributed by atoms with E-state index in [4.69, 9.17) is 48.7 Å². The number of carboxylic acid groups (broad SMARTS) is 2. The Bertz CT molecular complexity index is 1660. The number of carboxylic acids is 2. The summed E-state index contributed by atoms with van der Waals surface area (Å²) in [5, 5.41) is 34.1. The van der Waals surface area contributed by atoms with Crippen molar-refractivity contribution in [1.29, 1.82) is 0 Å². The van der Waals surface area contributed by atoms with E-state index in [0.29, 0.717) is 25.8 Å². The number of nitrogens with one attached hydrogen (secondary N) is 6. The number of amides is 6. The van der Waals surface area contributed by atoms with Gasteiger partial charge < -0.3 is 85.7 Å². The van der Waals surface area contributed by atoms with E-state index >= 15 is 0 Å². The van der Waals surface area contributed by atoms with Crippen LogP contribution in [0.3, 0.4) is 0 Å². The van der Waals surface area contributed by atoms with Crippen LogP contribution in [0.25, 0.3) is 0 Å². The number of carbonyl (C=O) groups is 9. The van der Waals surface area contributed by atoms with Crippen LogP contribution in [0.2, 0.25) is 0 Å². The molecule has 0 saturated carbocycles. The van der Waals surface area contributed by atoms with Gasteiger partial charge in [0.1, 0.15) is 32.5 Å². The van der Waals surface area contributed by atoms with Crippen LogP contribution in [0, 0.1) is 0 Å². The molecule has 0 heterocycles. The van der Waals surface area contributed by atoms with Crippen molar-refractivity contribution in [1.82, 2.24) is 31.9 Å². The number of aliphatic carboxylic acids is 2. The Morgan fingerprint density at radius 2 is 0.675 bits per heavy atom. The number of hydrogen-bond acceptors (Lipinski definition) is 18. The van der Waals surface area contributed by atoms with Crippen molar-refractivity contribution in [2.75, 3.05) is 138 Å². The van der Waals surface area contributed by atoms with Gasteiger partial charge >= 0.3 is 11.9 Å². The van der Waals surface area contributed by atoms with E-state index in [1.807, 2.05) is 0 Å². The van der Waals surface area contributed by atoms with Crippen molar-refractivity contribution in [3.05, 3.63) is 0 Å². The molecule has 80 heavy (non-hydrogen) atoms. The van der Waals surface area contributed by atoms with Crippen molar-refractivity contribution >= 4 is 62.1 Å². The zero-order valence-electron chi connectivity index (χ0n) is 47.3. The highest BCUT2D eigenvalue weighted by molar-refractivity contribution is 7.40. The predicted octanol–water partition coefficient (Wildman–Crippen LogP) is 1.28. The molecule has 0 spiro atoms. The third-order valence-corrected chi connectivity index (χ3v) is 12.1. The van der Waals surface area contributed by atoms with Crippen molar-refractivity contribution < 1.29 is 91.3 Å². The first-order valence-electron chi connectivity index (χ1n) is 28.5. The molecule has 0 aliphatic heterocycles. The highest BCUT2D eigenvalue weighted by Crippen LogP contribution is 2.14. The Kier molecular flexibility index (Phi) is 53.2. The van der Waals surface area contributed by atoms with Gasteiger partial charge in [0.15, 0.2) is 5.52 Å². The average Bonchev–Trinajstić information content (AvgIpc) is 3.42. The predicted molar refractivity (Wildman–Crippen MR) is 298 cm³/mol. The lowest BCUT2D eigenvalue weighted by Gasteiger charge is -2.14. The first-order valence-corrected chi connectivity index (χ1v) is 29.0. The summed E-state index contributed by atoms with van der Waals surface area (Å²) in [5.74, 6) is -3.86. The van der Waals surface area contributed by atoms with Gasteiger partial charge in [-0.3, -0.25) is 38.4 Å². The van der Waals surface area contributed by atoms with E-state index in [-0.39, 0.29) is 199 Å². The van der Waals surface area contributed by atoms with Crippen molar-refractivity contribution in [2.45, 2.75) is 147 Å². The monoisotopic (exact) mass is 1170 g/mol. The van der Waals surface area contributed by atoms with Crippen molar-refractivity contribution in [2.24, 2.45) is 5.73 Å². The quantitative estimate of drug-likeness (QED) is 0.0306. The van der Waals surface area contributed by atoms with Crippen LogP contribution >= 0.6 is 9.24 Å². The van der Waals surface area contributed by atoms with E-state index < -0.39 is 24.0 Å². The van der Waals surface area contributed by atoms with Crippen LogP contribution in [0.5, 0.6) is 0 Å². The van der Waals surface area contributed by atoms with E-state index in [2.05, 4.69) is 41.1 Å². The van der Waals surface area contributed by atoms with Gasteiger partial charge in [-0.1, -0.05) is 86.3 Å². The minimum absolute atomic E-state index is 0.0409. The molecule has 6 amide bonds. The third-order valence-electron chi connectivity index (χ3n) is 11.7. The third kappa shape index (κ3) is 55.4. The molecule has 3 atom stereocenters. The minimum Gasteiger partial charge on any atom is -0.481 e. The van der Waals surface area contributed by atoms with Gasteiger partial charge in [-0.05, 0) is 38.5 Å². The molecule has 0 aliphatic carbocycles. The molecular weight excluding hydrogens is 1070 g/mol.